The smallest absolute Gasteiger partial charge is 0.137 e. The Morgan fingerprint density at radius 1 is 1.10 bits per heavy atom. The first kappa shape index (κ1) is 13.8. The number of fused-ring (bicyclic) bond motifs is 1. The summed E-state index contributed by atoms with van der Waals surface area (Å²) in [5.74, 6) is 0.680. The number of hydrogen-bond acceptors (Lipinski definition) is 4. The summed E-state index contributed by atoms with van der Waals surface area (Å²) < 4.78 is 0. The molecule has 3 rings (SSSR count). The normalized spacial score (nSPS) is 12.3. The Kier molecular flexibility index (Phi) is 3.99. The minimum Gasteiger partial charge on any atom is -0.394 e. The Labute approximate surface area is 127 Å². The molecular formula is C16H14ClN3O. The average molecular weight is 300 g/mol. The standard InChI is InChI=1S/C16H14ClN3O/c17-12-6-7-13-14(8-12)18-10-19-16(13)20-15(9-21)11-4-2-1-3-5-11/h1-8,10,15,21H,9H2,(H,18,19,20). The maximum absolute atomic E-state index is 9.63. The van der Waals surface area contributed by atoms with Crippen LogP contribution in [0.5, 0.6) is 0 Å². The fourth-order valence-electron chi connectivity index (χ4n) is 2.23. The molecule has 2 aromatic carbocycles. The summed E-state index contributed by atoms with van der Waals surface area (Å²) in [7, 11) is 0. The largest absolute Gasteiger partial charge is 0.394 e. The quantitative estimate of drug-likeness (QED) is 0.775. The topological polar surface area (TPSA) is 58.0 Å². The van der Waals surface area contributed by atoms with Gasteiger partial charge >= 0.3 is 0 Å². The van der Waals surface area contributed by atoms with E-state index in [1.807, 2.05) is 36.4 Å². The van der Waals surface area contributed by atoms with E-state index in [1.165, 1.54) is 6.33 Å². The Morgan fingerprint density at radius 3 is 2.67 bits per heavy atom. The molecule has 0 aliphatic rings. The van der Waals surface area contributed by atoms with Gasteiger partial charge in [0.05, 0.1) is 18.2 Å². The molecule has 0 aliphatic carbocycles. The monoisotopic (exact) mass is 299 g/mol. The molecule has 0 radical (unpaired) electrons. The summed E-state index contributed by atoms with van der Waals surface area (Å²) >= 11 is 5.98. The molecule has 0 saturated carbocycles. The van der Waals surface area contributed by atoms with Crippen LogP contribution in [-0.2, 0) is 0 Å². The van der Waals surface area contributed by atoms with Crippen molar-refractivity contribution >= 4 is 28.3 Å². The number of rotatable bonds is 4. The van der Waals surface area contributed by atoms with Crippen LogP contribution in [0.4, 0.5) is 5.82 Å². The molecule has 106 valence electrons. The van der Waals surface area contributed by atoms with Gasteiger partial charge in [0.15, 0.2) is 0 Å². The second kappa shape index (κ2) is 6.08. The predicted octanol–water partition coefficient (Wildman–Crippen LogP) is 3.43. The predicted molar refractivity (Wildman–Crippen MR) is 84.4 cm³/mol. The number of aromatic nitrogens is 2. The number of hydrogen-bond donors (Lipinski definition) is 2. The van der Waals surface area contributed by atoms with E-state index in [0.29, 0.717) is 10.8 Å². The highest BCUT2D eigenvalue weighted by atomic mass is 35.5. The van der Waals surface area contributed by atoms with E-state index in [9.17, 15) is 5.11 Å². The van der Waals surface area contributed by atoms with Crippen molar-refractivity contribution in [1.82, 2.24) is 9.97 Å². The first-order valence-corrected chi connectivity index (χ1v) is 6.98. The van der Waals surface area contributed by atoms with Gasteiger partial charge in [-0.25, -0.2) is 9.97 Å². The summed E-state index contributed by atoms with van der Waals surface area (Å²) in [6.07, 6.45) is 1.49. The Bertz CT molecular complexity index is 749. The van der Waals surface area contributed by atoms with Gasteiger partial charge in [-0.15, -0.1) is 0 Å². The van der Waals surface area contributed by atoms with Crippen molar-refractivity contribution in [3.8, 4) is 0 Å². The number of nitrogens with one attached hydrogen (secondary N) is 1. The van der Waals surface area contributed by atoms with Crippen LogP contribution in [0.3, 0.4) is 0 Å². The van der Waals surface area contributed by atoms with E-state index in [4.69, 9.17) is 11.6 Å². The lowest BCUT2D eigenvalue weighted by atomic mass is 10.1. The second-order valence-electron chi connectivity index (χ2n) is 4.67. The van der Waals surface area contributed by atoms with Crippen molar-refractivity contribution < 1.29 is 5.11 Å². The number of halogens is 1. The number of nitrogens with zero attached hydrogens (tertiary/aromatic N) is 2. The van der Waals surface area contributed by atoms with E-state index in [-0.39, 0.29) is 12.6 Å². The van der Waals surface area contributed by atoms with Crippen molar-refractivity contribution in [3.63, 3.8) is 0 Å². The van der Waals surface area contributed by atoms with Crippen molar-refractivity contribution in [2.45, 2.75) is 6.04 Å². The number of aliphatic hydroxyl groups is 1. The average Bonchev–Trinajstić information content (AvgIpc) is 2.53. The fraction of sp³-hybridized carbons (Fsp3) is 0.125. The molecule has 2 N–H and O–H groups in total. The van der Waals surface area contributed by atoms with Gasteiger partial charge in [-0.05, 0) is 23.8 Å². The van der Waals surface area contributed by atoms with E-state index in [2.05, 4.69) is 15.3 Å². The third-order valence-corrected chi connectivity index (χ3v) is 3.53. The summed E-state index contributed by atoms with van der Waals surface area (Å²) in [6.45, 7) is -0.0247. The van der Waals surface area contributed by atoms with Crippen LogP contribution in [0, 0.1) is 0 Å². The van der Waals surface area contributed by atoms with Crippen molar-refractivity contribution in [2.75, 3.05) is 11.9 Å². The molecule has 0 aliphatic heterocycles. The highest BCUT2D eigenvalue weighted by molar-refractivity contribution is 6.31. The minimum absolute atomic E-state index is 0.0247. The molecule has 1 aromatic heterocycles. The number of benzene rings is 2. The SMILES string of the molecule is OCC(Nc1ncnc2cc(Cl)ccc12)c1ccccc1. The molecule has 0 fully saturated rings. The van der Waals surface area contributed by atoms with Crippen LogP contribution in [0.25, 0.3) is 10.9 Å². The van der Waals surface area contributed by atoms with Gasteiger partial charge in [-0.2, -0.15) is 0 Å². The molecular weight excluding hydrogens is 286 g/mol. The van der Waals surface area contributed by atoms with Crippen molar-refractivity contribution in [3.05, 3.63) is 65.4 Å². The van der Waals surface area contributed by atoms with Gasteiger partial charge in [0.25, 0.3) is 0 Å². The minimum atomic E-state index is -0.222. The zero-order valence-electron chi connectivity index (χ0n) is 11.2. The maximum Gasteiger partial charge on any atom is 0.137 e. The molecule has 0 amide bonds. The van der Waals surface area contributed by atoms with Crippen LogP contribution in [0.2, 0.25) is 5.02 Å². The summed E-state index contributed by atoms with van der Waals surface area (Å²) in [4.78, 5) is 8.48. The first-order valence-electron chi connectivity index (χ1n) is 6.60. The van der Waals surface area contributed by atoms with Crippen LogP contribution >= 0.6 is 11.6 Å². The zero-order chi connectivity index (χ0) is 14.7. The Hall–Kier alpha value is -2.17. The molecule has 0 spiro atoms. The van der Waals surface area contributed by atoms with Gasteiger partial charge in [0.1, 0.15) is 12.1 Å². The highest BCUT2D eigenvalue weighted by Gasteiger charge is 2.12. The van der Waals surface area contributed by atoms with E-state index in [0.717, 1.165) is 16.5 Å². The van der Waals surface area contributed by atoms with Gasteiger partial charge in [-0.3, -0.25) is 0 Å². The lowest BCUT2D eigenvalue weighted by Crippen LogP contribution is -2.15. The molecule has 4 nitrogen and oxygen atoms in total. The molecule has 0 bridgehead atoms. The van der Waals surface area contributed by atoms with Crippen LogP contribution in [0.1, 0.15) is 11.6 Å². The lowest BCUT2D eigenvalue weighted by molar-refractivity contribution is 0.276. The Morgan fingerprint density at radius 2 is 1.90 bits per heavy atom. The van der Waals surface area contributed by atoms with Gasteiger partial charge in [0.2, 0.25) is 0 Å². The third kappa shape index (κ3) is 2.96. The lowest BCUT2D eigenvalue weighted by Gasteiger charge is -2.18. The molecule has 1 atom stereocenters. The number of anilines is 1. The molecule has 3 aromatic rings. The van der Waals surface area contributed by atoms with Crippen molar-refractivity contribution in [1.29, 1.82) is 0 Å². The number of aliphatic hydroxyl groups excluding tert-OH is 1. The van der Waals surface area contributed by atoms with Crippen LogP contribution < -0.4 is 5.32 Å². The van der Waals surface area contributed by atoms with Crippen LogP contribution in [-0.4, -0.2) is 21.7 Å². The van der Waals surface area contributed by atoms with Crippen LogP contribution in [0.15, 0.2) is 54.9 Å². The van der Waals surface area contributed by atoms with E-state index in [1.54, 1.807) is 12.1 Å². The van der Waals surface area contributed by atoms with Gasteiger partial charge < -0.3 is 10.4 Å². The van der Waals surface area contributed by atoms with E-state index < -0.39 is 0 Å². The fourth-order valence-corrected chi connectivity index (χ4v) is 2.40. The zero-order valence-corrected chi connectivity index (χ0v) is 12.0. The first-order chi connectivity index (χ1) is 10.3. The van der Waals surface area contributed by atoms with Gasteiger partial charge in [0, 0.05) is 10.4 Å². The molecule has 1 unspecified atom stereocenters. The summed E-state index contributed by atoms with van der Waals surface area (Å²) in [5.41, 5.74) is 1.77. The summed E-state index contributed by atoms with van der Waals surface area (Å²) in [5, 5.41) is 14.4. The molecule has 0 saturated heterocycles. The third-order valence-electron chi connectivity index (χ3n) is 3.29. The molecule has 21 heavy (non-hydrogen) atoms. The Balaban J connectivity index is 1.97. The van der Waals surface area contributed by atoms with Gasteiger partial charge in [-0.1, -0.05) is 41.9 Å². The van der Waals surface area contributed by atoms with E-state index >= 15 is 0 Å². The summed E-state index contributed by atoms with van der Waals surface area (Å²) in [6, 6.07) is 15.0. The molecule has 1 heterocycles. The van der Waals surface area contributed by atoms with Crippen molar-refractivity contribution in [2.24, 2.45) is 0 Å². The highest BCUT2D eigenvalue weighted by Crippen LogP contribution is 2.25. The molecule has 5 heteroatoms. The maximum atomic E-state index is 9.63. The second-order valence-corrected chi connectivity index (χ2v) is 5.11.